The first-order valence-electron chi connectivity index (χ1n) is 5.05. The Morgan fingerprint density at radius 3 is 3.12 bits per heavy atom. The zero-order valence-electron chi connectivity index (χ0n) is 8.87. The van der Waals surface area contributed by atoms with E-state index >= 15 is 0 Å². The van der Waals surface area contributed by atoms with E-state index < -0.39 is 0 Å². The minimum absolute atomic E-state index is 0.537. The summed E-state index contributed by atoms with van der Waals surface area (Å²) in [5, 5.41) is 7.04. The van der Waals surface area contributed by atoms with Crippen molar-refractivity contribution in [1.29, 1.82) is 0 Å². The van der Waals surface area contributed by atoms with Gasteiger partial charge in [0, 0.05) is 12.4 Å². The number of nitrogens with two attached hydrogens (primary N) is 1. The molecule has 0 fully saturated rings. The lowest BCUT2D eigenvalue weighted by Crippen LogP contribution is -2.12. The summed E-state index contributed by atoms with van der Waals surface area (Å²) in [6, 6.07) is 3.82. The molecule has 86 valence electrons. The molecule has 0 aliphatic carbocycles. The molecule has 3 aromatic heterocycles. The fraction of sp³-hybridized carbons (Fsp3) is 0.100. The lowest BCUT2D eigenvalue weighted by molar-refractivity contribution is 0.659. The molecule has 0 saturated heterocycles. The van der Waals surface area contributed by atoms with E-state index in [-0.39, 0.29) is 0 Å². The fourth-order valence-corrected chi connectivity index (χ4v) is 2.40. The van der Waals surface area contributed by atoms with Crippen molar-refractivity contribution in [1.82, 2.24) is 19.7 Å². The maximum Gasteiger partial charge on any atom is 0.153 e. The molecule has 0 unspecified atom stereocenters. The van der Waals surface area contributed by atoms with E-state index in [0.29, 0.717) is 18.2 Å². The van der Waals surface area contributed by atoms with Crippen LogP contribution in [-0.2, 0) is 6.54 Å². The van der Waals surface area contributed by atoms with Crippen molar-refractivity contribution in [3.8, 4) is 0 Å². The van der Waals surface area contributed by atoms with Crippen LogP contribution in [0, 0.1) is 0 Å². The van der Waals surface area contributed by atoms with Crippen molar-refractivity contribution in [3.63, 3.8) is 0 Å². The van der Waals surface area contributed by atoms with Gasteiger partial charge in [0.05, 0.1) is 5.39 Å². The third kappa shape index (κ3) is 1.85. The van der Waals surface area contributed by atoms with Gasteiger partial charge in [0.25, 0.3) is 0 Å². The second kappa shape index (κ2) is 4.11. The lowest BCUT2D eigenvalue weighted by atomic mass is 10.4. The Bertz CT molecular complexity index is 629. The Morgan fingerprint density at radius 1 is 1.41 bits per heavy atom. The van der Waals surface area contributed by atoms with Crippen molar-refractivity contribution in [3.05, 3.63) is 35.7 Å². The third-order valence-corrected chi connectivity index (χ3v) is 3.18. The molecular weight excluding hydrogens is 236 g/mol. The van der Waals surface area contributed by atoms with Gasteiger partial charge in [-0.05, 0) is 17.5 Å². The summed E-state index contributed by atoms with van der Waals surface area (Å²) in [5.74, 6) is 6.80. The van der Waals surface area contributed by atoms with Crippen LogP contribution in [0.3, 0.4) is 0 Å². The minimum Gasteiger partial charge on any atom is -0.308 e. The number of aromatic nitrogens is 4. The number of hydrogen-bond acceptors (Lipinski definition) is 6. The van der Waals surface area contributed by atoms with Crippen molar-refractivity contribution in [2.45, 2.75) is 6.54 Å². The minimum atomic E-state index is 0.537. The van der Waals surface area contributed by atoms with Crippen LogP contribution < -0.4 is 11.3 Å². The number of hydrazine groups is 1. The third-order valence-electron chi connectivity index (χ3n) is 2.37. The zero-order chi connectivity index (χ0) is 11.7. The summed E-state index contributed by atoms with van der Waals surface area (Å²) in [6.07, 6.45) is 3.60. The highest BCUT2D eigenvalue weighted by molar-refractivity contribution is 7.16. The molecule has 17 heavy (non-hydrogen) atoms. The molecular formula is C10H10N6S. The van der Waals surface area contributed by atoms with Gasteiger partial charge in [0.15, 0.2) is 11.6 Å². The van der Waals surface area contributed by atoms with E-state index in [1.54, 1.807) is 22.2 Å². The number of nitrogens with zero attached hydrogens (tertiary/aromatic N) is 4. The average Bonchev–Trinajstić information content (AvgIpc) is 2.98. The normalized spacial score (nSPS) is 10.9. The first kappa shape index (κ1) is 10.2. The van der Waals surface area contributed by atoms with E-state index in [4.69, 9.17) is 5.84 Å². The van der Waals surface area contributed by atoms with Gasteiger partial charge in [-0.3, -0.25) is 4.68 Å². The largest absolute Gasteiger partial charge is 0.308 e. The van der Waals surface area contributed by atoms with Gasteiger partial charge in [0.1, 0.15) is 11.4 Å². The second-order valence-corrected chi connectivity index (χ2v) is 4.37. The summed E-state index contributed by atoms with van der Waals surface area (Å²) < 4.78 is 1.77. The van der Waals surface area contributed by atoms with Crippen molar-refractivity contribution >= 4 is 27.4 Å². The quantitative estimate of drug-likeness (QED) is 0.536. The molecule has 0 saturated carbocycles. The van der Waals surface area contributed by atoms with Gasteiger partial charge >= 0.3 is 0 Å². The summed E-state index contributed by atoms with van der Waals surface area (Å²) in [6.45, 7) is 0.537. The number of fused-ring (bicyclic) bond motifs is 1. The Hall–Kier alpha value is -1.99. The molecule has 3 rings (SSSR count). The first-order valence-corrected chi connectivity index (χ1v) is 5.93. The maximum atomic E-state index is 5.46. The highest BCUT2D eigenvalue weighted by Crippen LogP contribution is 2.24. The molecule has 3 aromatic rings. The van der Waals surface area contributed by atoms with Crippen LogP contribution in [0.1, 0.15) is 5.82 Å². The molecule has 0 aromatic carbocycles. The Kier molecular flexibility index (Phi) is 2.46. The number of anilines is 1. The van der Waals surface area contributed by atoms with Crippen LogP contribution in [0.4, 0.5) is 5.82 Å². The smallest absolute Gasteiger partial charge is 0.153 e. The monoisotopic (exact) mass is 246 g/mol. The van der Waals surface area contributed by atoms with E-state index in [0.717, 1.165) is 10.2 Å². The summed E-state index contributed by atoms with van der Waals surface area (Å²) in [4.78, 5) is 9.76. The van der Waals surface area contributed by atoms with Crippen LogP contribution in [-0.4, -0.2) is 19.7 Å². The predicted octanol–water partition coefficient (Wildman–Crippen LogP) is 1.22. The standard InChI is InChI=1S/C10H10N6S/c11-15-9-7-2-5-17-10(7)14-8(13-9)6-16-4-1-3-12-16/h1-5H,6,11H2,(H,13,14,15). The Labute approximate surface area is 101 Å². The van der Waals surface area contributed by atoms with Gasteiger partial charge in [-0.25, -0.2) is 15.8 Å². The predicted molar refractivity (Wildman–Crippen MR) is 66.6 cm³/mol. The van der Waals surface area contributed by atoms with Crippen LogP contribution in [0.15, 0.2) is 29.9 Å². The lowest BCUT2D eigenvalue weighted by Gasteiger charge is -2.05. The molecule has 0 bridgehead atoms. The SMILES string of the molecule is NNc1nc(Cn2cccn2)nc2sccc12. The van der Waals surface area contributed by atoms with Crippen LogP contribution in [0.2, 0.25) is 0 Å². The van der Waals surface area contributed by atoms with Gasteiger partial charge in [0.2, 0.25) is 0 Å². The molecule has 0 spiro atoms. The van der Waals surface area contributed by atoms with E-state index in [1.165, 1.54) is 0 Å². The van der Waals surface area contributed by atoms with Gasteiger partial charge in [-0.15, -0.1) is 11.3 Å². The van der Waals surface area contributed by atoms with Crippen LogP contribution >= 0.6 is 11.3 Å². The summed E-state index contributed by atoms with van der Waals surface area (Å²) >= 11 is 1.57. The van der Waals surface area contributed by atoms with Crippen molar-refractivity contribution in [2.75, 3.05) is 5.43 Å². The second-order valence-electron chi connectivity index (χ2n) is 3.48. The van der Waals surface area contributed by atoms with Gasteiger partial charge < -0.3 is 5.43 Å². The average molecular weight is 246 g/mol. The van der Waals surface area contributed by atoms with E-state index in [1.807, 2.05) is 23.7 Å². The van der Waals surface area contributed by atoms with E-state index in [2.05, 4.69) is 20.5 Å². The van der Waals surface area contributed by atoms with Gasteiger partial charge in [-0.2, -0.15) is 5.10 Å². The van der Waals surface area contributed by atoms with Crippen molar-refractivity contribution in [2.24, 2.45) is 5.84 Å². The van der Waals surface area contributed by atoms with Gasteiger partial charge in [-0.1, -0.05) is 0 Å². The number of rotatable bonds is 3. The Morgan fingerprint density at radius 2 is 2.35 bits per heavy atom. The molecule has 3 heterocycles. The molecule has 7 heteroatoms. The highest BCUT2D eigenvalue weighted by Gasteiger charge is 2.08. The van der Waals surface area contributed by atoms with Crippen LogP contribution in [0.25, 0.3) is 10.2 Å². The molecule has 0 atom stereocenters. The topological polar surface area (TPSA) is 81.6 Å². The summed E-state index contributed by atoms with van der Waals surface area (Å²) in [7, 11) is 0. The van der Waals surface area contributed by atoms with Crippen LogP contribution in [0.5, 0.6) is 0 Å². The highest BCUT2D eigenvalue weighted by atomic mass is 32.1. The molecule has 0 amide bonds. The number of thiophene rings is 1. The van der Waals surface area contributed by atoms with E-state index in [9.17, 15) is 0 Å². The first-order chi connectivity index (χ1) is 8.36. The van der Waals surface area contributed by atoms with Crippen molar-refractivity contribution < 1.29 is 0 Å². The number of nitrogen functional groups attached to an aromatic ring is 1. The summed E-state index contributed by atoms with van der Waals surface area (Å²) in [5.41, 5.74) is 2.60. The number of nitrogens with one attached hydrogen (secondary N) is 1. The maximum absolute atomic E-state index is 5.46. The molecule has 6 nitrogen and oxygen atoms in total. The molecule has 3 N–H and O–H groups in total. The molecule has 0 aliphatic rings. The Balaban J connectivity index is 2.04. The number of hydrogen-bond donors (Lipinski definition) is 2. The molecule has 0 radical (unpaired) electrons. The molecule has 0 aliphatic heterocycles. The zero-order valence-corrected chi connectivity index (χ0v) is 9.68. The fourth-order valence-electron chi connectivity index (χ4n) is 1.62.